The minimum atomic E-state index is -0.0986. The zero-order valence-corrected chi connectivity index (χ0v) is 11.0. The molecule has 0 radical (unpaired) electrons. The second-order valence-corrected chi connectivity index (χ2v) is 4.92. The summed E-state index contributed by atoms with van der Waals surface area (Å²) >= 11 is 0. The van der Waals surface area contributed by atoms with Gasteiger partial charge in [0.2, 0.25) is 0 Å². The first kappa shape index (κ1) is 13.2. The molecule has 1 unspecified atom stereocenters. The van der Waals surface area contributed by atoms with Crippen LogP contribution in [-0.2, 0) is 4.74 Å². The van der Waals surface area contributed by atoms with E-state index in [9.17, 15) is 0 Å². The topological polar surface area (TPSA) is 21.3 Å². The lowest BCUT2D eigenvalue weighted by atomic mass is 9.93. The van der Waals surface area contributed by atoms with Crippen LogP contribution in [0.1, 0.15) is 37.4 Å². The Morgan fingerprint density at radius 1 is 1.25 bits per heavy atom. The smallest absolute Gasteiger partial charge is 0.0640 e. The molecular formula is C14H23NO. The second kappa shape index (κ2) is 5.46. The molecular weight excluding hydrogens is 198 g/mol. The lowest BCUT2D eigenvalue weighted by Crippen LogP contribution is -2.30. The zero-order valence-electron chi connectivity index (χ0n) is 11.0. The molecule has 90 valence electrons. The number of hydrogen-bond acceptors (Lipinski definition) is 2. The van der Waals surface area contributed by atoms with Crippen LogP contribution in [0.5, 0.6) is 0 Å². The van der Waals surface area contributed by atoms with Crippen molar-refractivity contribution in [2.45, 2.75) is 38.8 Å². The molecule has 0 aliphatic heterocycles. The van der Waals surface area contributed by atoms with Gasteiger partial charge in [-0.2, -0.15) is 0 Å². The van der Waals surface area contributed by atoms with Crippen LogP contribution in [0.2, 0.25) is 0 Å². The van der Waals surface area contributed by atoms with E-state index in [1.54, 1.807) is 7.11 Å². The van der Waals surface area contributed by atoms with Crippen molar-refractivity contribution in [1.82, 2.24) is 5.32 Å². The quantitative estimate of drug-likeness (QED) is 0.825. The van der Waals surface area contributed by atoms with Crippen LogP contribution in [0, 0.1) is 6.92 Å². The largest absolute Gasteiger partial charge is 0.379 e. The van der Waals surface area contributed by atoms with Crippen molar-refractivity contribution in [2.75, 3.05) is 14.2 Å². The molecule has 0 aliphatic rings. The van der Waals surface area contributed by atoms with E-state index in [4.69, 9.17) is 4.74 Å². The third kappa shape index (κ3) is 3.62. The summed E-state index contributed by atoms with van der Waals surface area (Å²) in [7, 11) is 3.76. The number of ether oxygens (including phenoxy) is 1. The predicted molar refractivity (Wildman–Crippen MR) is 68.7 cm³/mol. The maximum atomic E-state index is 5.48. The summed E-state index contributed by atoms with van der Waals surface area (Å²) in [5.74, 6) is 0. The SMILES string of the molecule is CNC(CC(C)(C)OC)c1ccc(C)cc1. The highest BCUT2D eigenvalue weighted by atomic mass is 16.5. The van der Waals surface area contributed by atoms with Gasteiger partial charge in [-0.1, -0.05) is 29.8 Å². The van der Waals surface area contributed by atoms with Crippen LogP contribution in [0.25, 0.3) is 0 Å². The predicted octanol–water partition coefficient (Wildman–Crippen LogP) is 3.07. The Balaban J connectivity index is 2.78. The Bertz CT molecular complexity index is 316. The van der Waals surface area contributed by atoms with Crippen molar-refractivity contribution in [3.05, 3.63) is 35.4 Å². The average molecular weight is 221 g/mol. The molecule has 1 rings (SSSR count). The molecule has 1 N–H and O–H groups in total. The average Bonchev–Trinajstić information content (AvgIpc) is 2.27. The van der Waals surface area contributed by atoms with Crippen molar-refractivity contribution in [2.24, 2.45) is 0 Å². The first-order valence-electron chi connectivity index (χ1n) is 5.77. The standard InChI is InChI=1S/C14H23NO/c1-11-6-8-12(9-7-11)13(15-4)10-14(2,3)16-5/h6-9,13,15H,10H2,1-5H3. The lowest BCUT2D eigenvalue weighted by molar-refractivity contribution is 0.00744. The number of nitrogens with one attached hydrogen (secondary N) is 1. The van der Waals surface area contributed by atoms with Gasteiger partial charge in [-0.25, -0.2) is 0 Å². The molecule has 0 aromatic heterocycles. The molecule has 16 heavy (non-hydrogen) atoms. The van der Waals surface area contributed by atoms with Gasteiger partial charge in [-0.05, 0) is 39.8 Å². The lowest BCUT2D eigenvalue weighted by Gasteiger charge is -2.28. The number of aryl methyl sites for hydroxylation is 1. The first-order valence-corrected chi connectivity index (χ1v) is 5.77. The fraction of sp³-hybridized carbons (Fsp3) is 0.571. The normalized spacial score (nSPS) is 13.8. The van der Waals surface area contributed by atoms with Crippen molar-refractivity contribution >= 4 is 0 Å². The number of methoxy groups -OCH3 is 1. The molecule has 1 atom stereocenters. The van der Waals surface area contributed by atoms with E-state index < -0.39 is 0 Å². The molecule has 0 amide bonds. The highest BCUT2D eigenvalue weighted by Crippen LogP contribution is 2.25. The van der Waals surface area contributed by atoms with E-state index in [1.165, 1.54) is 11.1 Å². The molecule has 0 bridgehead atoms. The van der Waals surface area contributed by atoms with E-state index >= 15 is 0 Å². The maximum absolute atomic E-state index is 5.48. The fourth-order valence-electron chi connectivity index (χ4n) is 1.76. The Morgan fingerprint density at radius 2 is 1.81 bits per heavy atom. The summed E-state index contributed by atoms with van der Waals surface area (Å²) in [6.45, 7) is 6.34. The molecule has 1 aromatic carbocycles. The van der Waals surface area contributed by atoms with Crippen LogP contribution in [0.3, 0.4) is 0 Å². The van der Waals surface area contributed by atoms with Gasteiger partial charge in [-0.15, -0.1) is 0 Å². The molecule has 0 aliphatic carbocycles. The van der Waals surface area contributed by atoms with Crippen molar-refractivity contribution in [3.63, 3.8) is 0 Å². The van der Waals surface area contributed by atoms with Gasteiger partial charge in [0, 0.05) is 13.2 Å². The number of benzene rings is 1. The summed E-state index contributed by atoms with van der Waals surface area (Å²) in [4.78, 5) is 0. The van der Waals surface area contributed by atoms with Crippen molar-refractivity contribution < 1.29 is 4.74 Å². The summed E-state index contributed by atoms with van der Waals surface area (Å²) in [5, 5.41) is 3.35. The molecule has 1 aromatic rings. The Morgan fingerprint density at radius 3 is 2.25 bits per heavy atom. The second-order valence-electron chi connectivity index (χ2n) is 4.92. The van der Waals surface area contributed by atoms with Gasteiger partial charge in [0.15, 0.2) is 0 Å². The Hall–Kier alpha value is -0.860. The van der Waals surface area contributed by atoms with Gasteiger partial charge in [0.05, 0.1) is 5.60 Å². The van der Waals surface area contributed by atoms with E-state index in [1.807, 2.05) is 7.05 Å². The maximum Gasteiger partial charge on any atom is 0.0640 e. The van der Waals surface area contributed by atoms with Gasteiger partial charge >= 0.3 is 0 Å². The monoisotopic (exact) mass is 221 g/mol. The van der Waals surface area contributed by atoms with Gasteiger partial charge in [-0.3, -0.25) is 0 Å². The Labute approximate surface area is 99.0 Å². The van der Waals surface area contributed by atoms with E-state index in [-0.39, 0.29) is 5.60 Å². The molecule has 0 saturated heterocycles. The van der Waals surface area contributed by atoms with Crippen LogP contribution in [-0.4, -0.2) is 19.8 Å². The third-order valence-corrected chi connectivity index (χ3v) is 3.08. The van der Waals surface area contributed by atoms with Crippen LogP contribution >= 0.6 is 0 Å². The molecule has 0 spiro atoms. The van der Waals surface area contributed by atoms with Gasteiger partial charge < -0.3 is 10.1 Å². The van der Waals surface area contributed by atoms with Gasteiger partial charge in [0.1, 0.15) is 0 Å². The van der Waals surface area contributed by atoms with Crippen molar-refractivity contribution in [1.29, 1.82) is 0 Å². The molecule has 2 nitrogen and oxygen atoms in total. The summed E-state index contributed by atoms with van der Waals surface area (Å²) in [6.07, 6.45) is 0.961. The van der Waals surface area contributed by atoms with E-state index in [0.717, 1.165) is 6.42 Å². The fourth-order valence-corrected chi connectivity index (χ4v) is 1.76. The summed E-state index contributed by atoms with van der Waals surface area (Å²) in [6, 6.07) is 9.01. The van der Waals surface area contributed by atoms with Gasteiger partial charge in [0.25, 0.3) is 0 Å². The third-order valence-electron chi connectivity index (χ3n) is 3.08. The minimum Gasteiger partial charge on any atom is -0.379 e. The molecule has 0 saturated carbocycles. The molecule has 2 heteroatoms. The van der Waals surface area contributed by atoms with Crippen LogP contribution in [0.4, 0.5) is 0 Å². The van der Waals surface area contributed by atoms with Crippen LogP contribution < -0.4 is 5.32 Å². The molecule has 0 fully saturated rings. The summed E-state index contributed by atoms with van der Waals surface area (Å²) < 4.78 is 5.48. The van der Waals surface area contributed by atoms with E-state index in [0.29, 0.717) is 6.04 Å². The number of rotatable bonds is 5. The zero-order chi connectivity index (χ0) is 12.2. The summed E-state index contributed by atoms with van der Waals surface area (Å²) in [5.41, 5.74) is 2.52. The first-order chi connectivity index (χ1) is 7.48. The van der Waals surface area contributed by atoms with Crippen LogP contribution in [0.15, 0.2) is 24.3 Å². The van der Waals surface area contributed by atoms with E-state index in [2.05, 4.69) is 50.4 Å². The Kier molecular flexibility index (Phi) is 4.51. The highest BCUT2D eigenvalue weighted by molar-refractivity contribution is 5.24. The van der Waals surface area contributed by atoms with Crippen molar-refractivity contribution in [3.8, 4) is 0 Å². The highest BCUT2D eigenvalue weighted by Gasteiger charge is 2.22. The minimum absolute atomic E-state index is 0.0986. The molecule has 0 heterocycles. The number of hydrogen-bond donors (Lipinski definition) is 1.